The topological polar surface area (TPSA) is 6.48 Å². The molecule has 2 rings (SSSR count). The minimum absolute atomic E-state index is 0.0667. The maximum atomic E-state index is 13.7. The van der Waals surface area contributed by atoms with Gasteiger partial charge in [0.2, 0.25) is 0 Å². The third-order valence-electron chi connectivity index (χ3n) is 3.51. The molecule has 0 aromatic heterocycles. The first-order valence-electron chi connectivity index (χ1n) is 6.39. The van der Waals surface area contributed by atoms with Crippen molar-refractivity contribution < 1.29 is 4.39 Å². The normalized spacial score (nSPS) is 18.5. The molecule has 3 heteroatoms. The van der Waals surface area contributed by atoms with Crippen LogP contribution in [0.2, 0.25) is 0 Å². The van der Waals surface area contributed by atoms with Crippen LogP contribution in [0.25, 0.3) is 0 Å². The fourth-order valence-corrected chi connectivity index (χ4v) is 2.29. The molecule has 0 radical (unpaired) electrons. The summed E-state index contributed by atoms with van der Waals surface area (Å²) >= 11 is 0. The van der Waals surface area contributed by atoms with E-state index in [0.717, 1.165) is 50.4 Å². The van der Waals surface area contributed by atoms with Gasteiger partial charge in [0, 0.05) is 38.3 Å². The lowest BCUT2D eigenvalue weighted by atomic mass is 10.1. The van der Waals surface area contributed by atoms with Crippen LogP contribution < -0.4 is 0 Å². The van der Waals surface area contributed by atoms with Crippen molar-refractivity contribution in [1.82, 2.24) is 9.80 Å². The van der Waals surface area contributed by atoms with E-state index in [4.69, 9.17) is 0 Å². The molecular formula is C14H21FN2. The second kappa shape index (κ2) is 5.61. The molecule has 0 bridgehead atoms. The number of aryl methyl sites for hydroxylation is 1. The molecule has 17 heavy (non-hydrogen) atoms. The second-order valence-electron chi connectivity index (χ2n) is 4.81. The summed E-state index contributed by atoms with van der Waals surface area (Å²) in [7, 11) is 0. The summed E-state index contributed by atoms with van der Waals surface area (Å²) in [4.78, 5) is 4.77. The zero-order valence-corrected chi connectivity index (χ0v) is 10.7. The molecule has 0 atom stereocenters. The highest BCUT2D eigenvalue weighted by atomic mass is 19.1. The summed E-state index contributed by atoms with van der Waals surface area (Å²) in [6.45, 7) is 10.3. The number of hydrogen-bond donors (Lipinski definition) is 0. The van der Waals surface area contributed by atoms with Gasteiger partial charge in [-0.05, 0) is 25.1 Å². The molecule has 1 aliphatic rings. The Labute approximate surface area is 103 Å². The van der Waals surface area contributed by atoms with Crippen LogP contribution in [-0.2, 0) is 6.54 Å². The Morgan fingerprint density at radius 1 is 1.12 bits per heavy atom. The van der Waals surface area contributed by atoms with Gasteiger partial charge < -0.3 is 4.90 Å². The van der Waals surface area contributed by atoms with Crippen molar-refractivity contribution in [2.75, 3.05) is 32.7 Å². The van der Waals surface area contributed by atoms with Gasteiger partial charge in [-0.25, -0.2) is 4.39 Å². The van der Waals surface area contributed by atoms with Gasteiger partial charge in [-0.2, -0.15) is 0 Å². The van der Waals surface area contributed by atoms with Crippen LogP contribution in [-0.4, -0.2) is 42.5 Å². The first kappa shape index (κ1) is 12.5. The zero-order valence-electron chi connectivity index (χ0n) is 10.7. The fraction of sp³-hybridized carbons (Fsp3) is 0.571. The number of piperazine rings is 1. The predicted octanol–water partition coefficient (Wildman–Crippen LogP) is 2.27. The summed E-state index contributed by atoms with van der Waals surface area (Å²) in [6.07, 6.45) is 0. The first-order chi connectivity index (χ1) is 8.19. The third-order valence-corrected chi connectivity index (χ3v) is 3.51. The first-order valence-corrected chi connectivity index (χ1v) is 6.39. The van der Waals surface area contributed by atoms with Gasteiger partial charge >= 0.3 is 0 Å². The standard InChI is InChI=1S/C14H21FN2/c1-3-16-6-8-17(9-7-16)11-13-5-4-12(2)10-14(13)15/h4-5,10H,3,6-9,11H2,1-2H3. The molecule has 0 saturated carbocycles. The molecule has 1 fully saturated rings. The van der Waals surface area contributed by atoms with Gasteiger partial charge in [0.05, 0.1) is 0 Å². The van der Waals surface area contributed by atoms with Crippen molar-refractivity contribution >= 4 is 0 Å². The van der Waals surface area contributed by atoms with Crippen molar-refractivity contribution in [1.29, 1.82) is 0 Å². The Kier molecular flexibility index (Phi) is 4.13. The molecule has 1 aromatic rings. The van der Waals surface area contributed by atoms with Gasteiger partial charge in [-0.3, -0.25) is 4.90 Å². The van der Waals surface area contributed by atoms with E-state index in [-0.39, 0.29) is 5.82 Å². The molecule has 0 aliphatic carbocycles. The zero-order chi connectivity index (χ0) is 12.3. The lowest BCUT2D eigenvalue weighted by Gasteiger charge is -2.34. The number of rotatable bonds is 3. The molecule has 0 N–H and O–H groups in total. The van der Waals surface area contributed by atoms with E-state index < -0.39 is 0 Å². The highest BCUT2D eigenvalue weighted by Gasteiger charge is 2.16. The lowest BCUT2D eigenvalue weighted by Crippen LogP contribution is -2.45. The molecule has 0 unspecified atom stereocenters. The quantitative estimate of drug-likeness (QED) is 0.794. The van der Waals surface area contributed by atoms with Gasteiger partial charge in [0.15, 0.2) is 0 Å². The van der Waals surface area contributed by atoms with Gasteiger partial charge in [-0.15, -0.1) is 0 Å². The van der Waals surface area contributed by atoms with Crippen LogP contribution in [0.15, 0.2) is 18.2 Å². The summed E-state index contributed by atoms with van der Waals surface area (Å²) in [5.74, 6) is -0.0667. The molecule has 1 saturated heterocycles. The van der Waals surface area contributed by atoms with E-state index in [1.807, 2.05) is 19.1 Å². The highest BCUT2D eigenvalue weighted by Crippen LogP contribution is 2.13. The van der Waals surface area contributed by atoms with Crippen molar-refractivity contribution in [3.05, 3.63) is 35.1 Å². The molecule has 94 valence electrons. The van der Waals surface area contributed by atoms with Crippen LogP contribution in [0.3, 0.4) is 0 Å². The molecular weight excluding hydrogens is 215 g/mol. The monoisotopic (exact) mass is 236 g/mol. The minimum atomic E-state index is -0.0667. The van der Waals surface area contributed by atoms with Crippen molar-refractivity contribution in [2.24, 2.45) is 0 Å². The third kappa shape index (κ3) is 3.27. The average molecular weight is 236 g/mol. The van der Waals surface area contributed by atoms with E-state index in [9.17, 15) is 4.39 Å². The highest BCUT2D eigenvalue weighted by molar-refractivity contribution is 5.23. The molecule has 2 nitrogen and oxygen atoms in total. The second-order valence-corrected chi connectivity index (χ2v) is 4.81. The van der Waals surface area contributed by atoms with Crippen molar-refractivity contribution in [2.45, 2.75) is 20.4 Å². The molecule has 0 amide bonds. The molecule has 0 spiro atoms. The Morgan fingerprint density at radius 2 is 1.76 bits per heavy atom. The summed E-state index contributed by atoms with van der Waals surface area (Å²) in [6, 6.07) is 5.52. The largest absolute Gasteiger partial charge is 0.301 e. The molecule has 1 aromatic carbocycles. The van der Waals surface area contributed by atoms with E-state index in [1.54, 1.807) is 6.07 Å². The number of halogens is 1. The van der Waals surface area contributed by atoms with E-state index in [0.29, 0.717) is 0 Å². The average Bonchev–Trinajstić information content (AvgIpc) is 2.34. The van der Waals surface area contributed by atoms with E-state index >= 15 is 0 Å². The van der Waals surface area contributed by atoms with Gasteiger partial charge in [-0.1, -0.05) is 19.1 Å². The van der Waals surface area contributed by atoms with Crippen LogP contribution in [0.1, 0.15) is 18.1 Å². The Morgan fingerprint density at radius 3 is 2.35 bits per heavy atom. The lowest BCUT2D eigenvalue weighted by molar-refractivity contribution is 0.131. The van der Waals surface area contributed by atoms with Gasteiger partial charge in [0.1, 0.15) is 5.82 Å². The molecule has 1 heterocycles. The smallest absolute Gasteiger partial charge is 0.127 e. The summed E-state index contributed by atoms with van der Waals surface area (Å²) in [5, 5.41) is 0. The maximum absolute atomic E-state index is 13.7. The van der Waals surface area contributed by atoms with Gasteiger partial charge in [0.25, 0.3) is 0 Å². The van der Waals surface area contributed by atoms with E-state index in [1.165, 1.54) is 0 Å². The number of nitrogens with zero attached hydrogens (tertiary/aromatic N) is 2. The molecule has 1 aliphatic heterocycles. The van der Waals surface area contributed by atoms with Crippen molar-refractivity contribution in [3.63, 3.8) is 0 Å². The fourth-order valence-electron chi connectivity index (χ4n) is 2.29. The number of likely N-dealkylation sites (N-methyl/N-ethyl adjacent to an activating group) is 1. The summed E-state index contributed by atoms with van der Waals surface area (Å²) < 4.78 is 13.7. The Hall–Kier alpha value is -0.930. The van der Waals surface area contributed by atoms with Crippen LogP contribution >= 0.6 is 0 Å². The number of hydrogen-bond acceptors (Lipinski definition) is 2. The predicted molar refractivity (Wildman–Crippen MR) is 68.5 cm³/mol. The summed E-state index contributed by atoms with van der Waals surface area (Å²) in [5.41, 5.74) is 1.81. The Bertz CT molecular complexity index is 370. The van der Waals surface area contributed by atoms with Crippen LogP contribution in [0.4, 0.5) is 4.39 Å². The van der Waals surface area contributed by atoms with Crippen LogP contribution in [0.5, 0.6) is 0 Å². The van der Waals surface area contributed by atoms with Crippen LogP contribution in [0, 0.1) is 12.7 Å². The SMILES string of the molecule is CCN1CCN(Cc2ccc(C)cc2F)CC1. The Balaban J connectivity index is 1.93. The van der Waals surface area contributed by atoms with Crippen molar-refractivity contribution in [3.8, 4) is 0 Å². The maximum Gasteiger partial charge on any atom is 0.127 e. The van der Waals surface area contributed by atoms with E-state index in [2.05, 4.69) is 16.7 Å². The number of benzene rings is 1. The minimum Gasteiger partial charge on any atom is -0.301 e.